The molecule has 4 rings (SSSR count). The van der Waals surface area contributed by atoms with Crippen molar-refractivity contribution in [1.29, 1.82) is 0 Å². The predicted molar refractivity (Wildman–Crippen MR) is 103 cm³/mol. The van der Waals surface area contributed by atoms with Gasteiger partial charge in [0.25, 0.3) is 5.91 Å². The Morgan fingerprint density at radius 2 is 1.85 bits per heavy atom. The standard InChI is InChI=1S/C23H27NO2/c1-4-22(2)20-15-17-7-5-6-8-19(17)23(22,3)13-14-24(20)21(26)16-9-11-18(25)12-10-16/h5-12,20,25H,4,13-15H2,1-3H3/t20-,22?,23+/m1/s1. The van der Waals surface area contributed by atoms with E-state index < -0.39 is 0 Å². The highest BCUT2D eigenvalue weighted by Gasteiger charge is 2.58. The van der Waals surface area contributed by atoms with Crippen molar-refractivity contribution in [2.75, 3.05) is 6.54 Å². The number of fused-ring (bicyclic) bond motifs is 4. The van der Waals surface area contributed by atoms with Gasteiger partial charge in [0.2, 0.25) is 0 Å². The van der Waals surface area contributed by atoms with Gasteiger partial charge in [0.15, 0.2) is 0 Å². The van der Waals surface area contributed by atoms with Crippen molar-refractivity contribution >= 4 is 5.91 Å². The van der Waals surface area contributed by atoms with Gasteiger partial charge < -0.3 is 10.0 Å². The van der Waals surface area contributed by atoms with Gasteiger partial charge in [-0.3, -0.25) is 4.79 Å². The van der Waals surface area contributed by atoms with E-state index in [0.29, 0.717) is 5.56 Å². The lowest BCUT2D eigenvalue weighted by atomic mass is 9.49. The monoisotopic (exact) mass is 349 g/mol. The molecule has 1 N–H and O–H groups in total. The van der Waals surface area contributed by atoms with Crippen LogP contribution in [0.3, 0.4) is 0 Å². The molecule has 1 aliphatic heterocycles. The number of rotatable bonds is 2. The fourth-order valence-electron chi connectivity index (χ4n) is 5.36. The van der Waals surface area contributed by atoms with Crippen LogP contribution in [-0.2, 0) is 11.8 Å². The maximum absolute atomic E-state index is 13.3. The number of piperidine rings is 1. The van der Waals surface area contributed by atoms with E-state index in [2.05, 4.69) is 49.9 Å². The maximum Gasteiger partial charge on any atom is 0.254 e. The Bertz CT molecular complexity index is 844. The molecule has 3 atom stereocenters. The molecule has 2 aromatic carbocycles. The first-order valence-corrected chi connectivity index (χ1v) is 9.59. The van der Waals surface area contributed by atoms with Gasteiger partial charge in [-0.25, -0.2) is 0 Å². The van der Waals surface area contributed by atoms with Crippen LogP contribution in [0.2, 0.25) is 0 Å². The number of amides is 1. The highest BCUT2D eigenvalue weighted by atomic mass is 16.3. The van der Waals surface area contributed by atoms with Crippen LogP contribution in [0.4, 0.5) is 0 Å². The molecule has 1 heterocycles. The van der Waals surface area contributed by atoms with Gasteiger partial charge in [-0.1, -0.05) is 45.0 Å². The number of phenolic OH excluding ortho intramolecular Hbond substituents is 1. The average molecular weight is 349 g/mol. The van der Waals surface area contributed by atoms with Crippen LogP contribution in [0.15, 0.2) is 48.5 Å². The van der Waals surface area contributed by atoms with E-state index in [9.17, 15) is 9.90 Å². The smallest absolute Gasteiger partial charge is 0.254 e. The number of hydrogen-bond acceptors (Lipinski definition) is 2. The second kappa shape index (κ2) is 5.87. The van der Waals surface area contributed by atoms with Crippen LogP contribution in [0.5, 0.6) is 5.75 Å². The lowest BCUT2D eigenvalue weighted by molar-refractivity contribution is -0.0398. The molecular weight excluding hydrogens is 322 g/mol. The lowest BCUT2D eigenvalue weighted by Crippen LogP contribution is -2.65. The average Bonchev–Trinajstić information content (AvgIpc) is 2.65. The Morgan fingerprint density at radius 3 is 2.54 bits per heavy atom. The number of nitrogens with zero attached hydrogens (tertiary/aromatic N) is 1. The van der Waals surface area contributed by atoms with Crippen molar-refractivity contribution in [2.45, 2.75) is 51.5 Å². The molecule has 0 spiro atoms. The van der Waals surface area contributed by atoms with Crippen molar-refractivity contribution < 1.29 is 9.90 Å². The zero-order valence-electron chi connectivity index (χ0n) is 15.8. The highest BCUT2D eigenvalue weighted by Crippen LogP contribution is 2.57. The molecule has 2 aliphatic rings. The first-order valence-electron chi connectivity index (χ1n) is 9.59. The molecule has 1 unspecified atom stereocenters. The van der Waals surface area contributed by atoms with Gasteiger partial charge in [0.05, 0.1) is 0 Å². The van der Waals surface area contributed by atoms with E-state index in [1.165, 1.54) is 11.1 Å². The van der Waals surface area contributed by atoms with Gasteiger partial charge in [-0.15, -0.1) is 0 Å². The molecule has 1 saturated heterocycles. The molecule has 3 nitrogen and oxygen atoms in total. The van der Waals surface area contributed by atoms with Crippen LogP contribution in [0, 0.1) is 5.41 Å². The number of phenols is 1. The fourth-order valence-corrected chi connectivity index (χ4v) is 5.36. The number of likely N-dealkylation sites (tertiary alicyclic amines) is 1. The Labute approximate surface area is 155 Å². The summed E-state index contributed by atoms with van der Waals surface area (Å²) in [6.07, 6.45) is 2.94. The van der Waals surface area contributed by atoms with E-state index in [4.69, 9.17) is 0 Å². The summed E-state index contributed by atoms with van der Waals surface area (Å²) in [6.45, 7) is 7.80. The second-order valence-corrected chi connectivity index (χ2v) is 8.28. The van der Waals surface area contributed by atoms with Crippen LogP contribution in [0.1, 0.15) is 55.1 Å². The number of carbonyl (C=O) groups is 1. The summed E-state index contributed by atoms with van der Waals surface area (Å²) >= 11 is 0. The summed E-state index contributed by atoms with van der Waals surface area (Å²) in [6, 6.07) is 15.6. The van der Waals surface area contributed by atoms with Gasteiger partial charge in [-0.05, 0) is 60.1 Å². The molecule has 0 aromatic heterocycles. The molecule has 1 aliphatic carbocycles. The number of benzene rings is 2. The largest absolute Gasteiger partial charge is 0.508 e. The molecular formula is C23H27NO2. The van der Waals surface area contributed by atoms with E-state index in [-0.39, 0.29) is 28.5 Å². The molecule has 0 saturated carbocycles. The lowest BCUT2D eigenvalue weighted by Gasteiger charge is -2.62. The molecule has 2 aromatic rings. The zero-order valence-corrected chi connectivity index (χ0v) is 15.8. The Hall–Kier alpha value is -2.29. The minimum Gasteiger partial charge on any atom is -0.508 e. The van der Waals surface area contributed by atoms with Crippen molar-refractivity contribution in [3.8, 4) is 5.75 Å². The van der Waals surface area contributed by atoms with Crippen LogP contribution in [-0.4, -0.2) is 28.5 Å². The van der Waals surface area contributed by atoms with Crippen molar-refractivity contribution in [3.05, 3.63) is 65.2 Å². The number of hydrogen-bond donors (Lipinski definition) is 1. The van der Waals surface area contributed by atoms with Crippen molar-refractivity contribution in [3.63, 3.8) is 0 Å². The molecule has 136 valence electrons. The maximum atomic E-state index is 13.3. The van der Waals surface area contributed by atoms with E-state index >= 15 is 0 Å². The Balaban J connectivity index is 1.78. The van der Waals surface area contributed by atoms with Gasteiger partial charge >= 0.3 is 0 Å². The molecule has 26 heavy (non-hydrogen) atoms. The number of aromatic hydroxyl groups is 1. The predicted octanol–water partition coefficient (Wildman–Crippen LogP) is 4.54. The van der Waals surface area contributed by atoms with Gasteiger partial charge in [0.1, 0.15) is 5.75 Å². The fraction of sp³-hybridized carbons (Fsp3) is 0.435. The van der Waals surface area contributed by atoms with Gasteiger partial charge in [0, 0.05) is 23.6 Å². The second-order valence-electron chi connectivity index (χ2n) is 8.28. The summed E-state index contributed by atoms with van der Waals surface area (Å²) in [4.78, 5) is 15.4. The van der Waals surface area contributed by atoms with E-state index in [1.807, 2.05) is 0 Å². The quantitative estimate of drug-likeness (QED) is 0.865. The molecule has 1 amide bonds. The minimum atomic E-state index is 0.0478. The van der Waals surface area contributed by atoms with Crippen LogP contribution >= 0.6 is 0 Å². The molecule has 2 bridgehead atoms. The van der Waals surface area contributed by atoms with Crippen molar-refractivity contribution in [2.24, 2.45) is 5.41 Å². The summed E-state index contributed by atoms with van der Waals surface area (Å²) in [5.74, 6) is 0.272. The summed E-state index contributed by atoms with van der Waals surface area (Å²) in [7, 11) is 0. The first-order chi connectivity index (χ1) is 12.4. The zero-order chi connectivity index (χ0) is 18.5. The van der Waals surface area contributed by atoms with Gasteiger partial charge in [-0.2, -0.15) is 0 Å². The normalized spacial score (nSPS) is 30.0. The third-order valence-corrected chi connectivity index (χ3v) is 7.36. The highest BCUT2D eigenvalue weighted by molar-refractivity contribution is 5.94. The van der Waals surface area contributed by atoms with E-state index in [1.54, 1.807) is 24.3 Å². The summed E-state index contributed by atoms with van der Waals surface area (Å²) in [5.41, 5.74) is 3.65. The van der Waals surface area contributed by atoms with E-state index in [0.717, 1.165) is 25.8 Å². The third-order valence-electron chi connectivity index (χ3n) is 7.36. The summed E-state index contributed by atoms with van der Waals surface area (Å²) in [5, 5.41) is 9.53. The van der Waals surface area contributed by atoms with Crippen LogP contribution < -0.4 is 0 Å². The van der Waals surface area contributed by atoms with Crippen molar-refractivity contribution in [1.82, 2.24) is 4.90 Å². The summed E-state index contributed by atoms with van der Waals surface area (Å²) < 4.78 is 0. The molecule has 0 radical (unpaired) electrons. The molecule has 1 fully saturated rings. The minimum absolute atomic E-state index is 0.0478. The van der Waals surface area contributed by atoms with Crippen LogP contribution in [0.25, 0.3) is 0 Å². The topological polar surface area (TPSA) is 40.5 Å². The SMILES string of the molecule is CCC1(C)[C@H]2Cc3ccccc3[C@]1(C)CCN2C(=O)c1ccc(O)cc1. The first kappa shape index (κ1) is 17.1. The Morgan fingerprint density at radius 1 is 1.15 bits per heavy atom. The molecule has 3 heteroatoms. The number of carbonyl (C=O) groups excluding carboxylic acids is 1. The Kier molecular flexibility index (Phi) is 3.87. The third kappa shape index (κ3) is 2.22.